The molecule has 0 spiro atoms. The summed E-state index contributed by atoms with van der Waals surface area (Å²) in [6.45, 7) is 2.04. The van der Waals surface area contributed by atoms with E-state index in [0.717, 1.165) is 12.8 Å². The standard InChI is InChI=1S/C12H18ClN/c1-10(13)4-5-11-6-8-12(9-7-11)14(2)3/h6-10H,4-5H2,1-3H3. The van der Waals surface area contributed by atoms with Crippen LogP contribution in [0.15, 0.2) is 24.3 Å². The van der Waals surface area contributed by atoms with E-state index in [0.29, 0.717) is 0 Å². The Bertz CT molecular complexity index is 264. The molecule has 1 aromatic carbocycles. The van der Waals surface area contributed by atoms with Gasteiger partial charge in [0.1, 0.15) is 0 Å². The van der Waals surface area contributed by atoms with Crippen molar-refractivity contribution in [1.82, 2.24) is 0 Å². The fourth-order valence-corrected chi connectivity index (χ4v) is 1.44. The summed E-state index contributed by atoms with van der Waals surface area (Å²) in [5.74, 6) is 0. The zero-order valence-corrected chi connectivity index (χ0v) is 9.88. The first-order valence-electron chi connectivity index (χ1n) is 5.00. The molecule has 0 heterocycles. The molecule has 2 heteroatoms. The fourth-order valence-electron chi connectivity index (χ4n) is 1.33. The van der Waals surface area contributed by atoms with Crippen LogP contribution in [0.1, 0.15) is 18.9 Å². The van der Waals surface area contributed by atoms with E-state index in [1.54, 1.807) is 0 Å². The number of halogens is 1. The normalized spacial score (nSPS) is 12.6. The lowest BCUT2D eigenvalue weighted by molar-refractivity contribution is 0.803. The number of hydrogen-bond donors (Lipinski definition) is 0. The second-order valence-electron chi connectivity index (χ2n) is 3.88. The van der Waals surface area contributed by atoms with Crippen LogP contribution in [0.4, 0.5) is 5.69 Å². The Balaban J connectivity index is 2.55. The van der Waals surface area contributed by atoms with Gasteiger partial charge in [0, 0.05) is 25.2 Å². The molecular weight excluding hydrogens is 194 g/mol. The van der Waals surface area contributed by atoms with Gasteiger partial charge in [0.25, 0.3) is 0 Å². The van der Waals surface area contributed by atoms with Crippen LogP contribution in [-0.2, 0) is 6.42 Å². The molecule has 0 aliphatic rings. The summed E-state index contributed by atoms with van der Waals surface area (Å²) in [6, 6.07) is 8.64. The van der Waals surface area contributed by atoms with Crippen molar-refractivity contribution in [3.8, 4) is 0 Å². The lowest BCUT2D eigenvalue weighted by Gasteiger charge is -2.12. The second kappa shape index (κ2) is 5.26. The van der Waals surface area contributed by atoms with Crippen LogP contribution in [0.2, 0.25) is 0 Å². The van der Waals surface area contributed by atoms with Gasteiger partial charge in [-0.05, 0) is 37.5 Å². The summed E-state index contributed by atoms with van der Waals surface area (Å²) in [7, 11) is 4.10. The molecule has 0 radical (unpaired) electrons. The molecule has 0 aliphatic carbocycles. The highest BCUT2D eigenvalue weighted by Gasteiger charge is 1.99. The van der Waals surface area contributed by atoms with Gasteiger partial charge in [-0.3, -0.25) is 0 Å². The van der Waals surface area contributed by atoms with Crippen LogP contribution in [0.25, 0.3) is 0 Å². The summed E-state index contributed by atoms with van der Waals surface area (Å²) in [5.41, 5.74) is 2.61. The lowest BCUT2D eigenvalue weighted by Crippen LogP contribution is -2.08. The van der Waals surface area contributed by atoms with Gasteiger partial charge in [0.15, 0.2) is 0 Å². The second-order valence-corrected chi connectivity index (χ2v) is 4.63. The van der Waals surface area contributed by atoms with E-state index >= 15 is 0 Å². The summed E-state index contributed by atoms with van der Waals surface area (Å²) in [4.78, 5) is 2.11. The molecule has 1 aromatic rings. The van der Waals surface area contributed by atoms with Gasteiger partial charge in [-0.2, -0.15) is 0 Å². The predicted octanol–water partition coefficient (Wildman–Crippen LogP) is 3.31. The van der Waals surface area contributed by atoms with Crippen LogP contribution >= 0.6 is 11.6 Å². The van der Waals surface area contributed by atoms with E-state index in [1.165, 1.54) is 11.3 Å². The topological polar surface area (TPSA) is 3.24 Å². The lowest BCUT2D eigenvalue weighted by atomic mass is 10.1. The van der Waals surface area contributed by atoms with Crippen molar-refractivity contribution < 1.29 is 0 Å². The smallest absolute Gasteiger partial charge is 0.0361 e. The molecule has 78 valence electrons. The van der Waals surface area contributed by atoms with E-state index in [4.69, 9.17) is 11.6 Å². The minimum atomic E-state index is 0.267. The van der Waals surface area contributed by atoms with Crippen molar-refractivity contribution >= 4 is 17.3 Å². The average molecular weight is 212 g/mol. The number of aryl methyl sites for hydroxylation is 1. The number of hydrogen-bond acceptors (Lipinski definition) is 1. The molecule has 0 saturated carbocycles. The van der Waals surface area contributed by atoms with Gasteiger partial charge < -0.3 is 4.90 Å². The van der Waals surface area contributed by atoms with Crippen LogP contribution in [0.5, 0.6) is 0 Å². The van der Waals surface area contributed by atoms with E-state index < -0.39 is 0 Å². The number of anilines is 1. The number of nitrogens with zero attached hydrogens (tertiary/aromatic N) is 1. The molecule has 0 fully saturated rings. The van der Waals surface area contributed by atoms with Crippen LogP contribution in [0, 0.1) is 0 Å². The maximum absolute atomic E-state index is 5.90. The van der Waals surface area contributed by atoms with Crippen molar-refractivity contribution in [2.75, 3.05) is 19.0 Å². The van der Waals surface area contributed by atoms with E-state index in [2.05, 4.69) is 43.3 Å². The summed E-state index contributed by atoms with van der Waals surface area (Å²) in [5, 5.41) is 0.267. The first kappa shape index (κ1) is 11.4. The van der Waals surface area contributed by atoms with Crippen LogP contribution in [0.3, 0.4) is 0 Å². The molecular formula is C12H18ClN. The van der Waals surface area contributed by atoms with Crippen molar-refractivity contribution in [3.63, 3.8) is 0 Å². The highest BCUT2D eigenvalue weighted by atomic mass is 35.5. The molecule has 0 bridgehead atoms. The van der Waals surface area contributed by atoms with Crippen molar-refractivity contribution in [3.05, 3.63) is 29.8 Å². The third kappa shape index (κ3) is 3.59. The van der Waals surface area contributed by atoms with E-state index in [9.17, 15) is 0 Å². The van der Waals surface area contributed by atoms with Gasteiger partial charge in [0.05, 0.1) is 0 Å². The first-order valence-corrected chi connectivity index (χ1v) is 5.43. The Morgan fingerprint density at radius 2 is 1.79 bits per heavy atom. The molecule has 0 amide bonds. The Hall–Kier alpha value is -0.690. The highest BCUT2D eigenvalue weighted by Crippen LogP contribution is 2.14. The summed E-state index contributed by atoms with van der Waals surface area (Å²) >= 11 is 5.90. The maximum atomic E-state index is 5.90. The minimum absolute atomic E-state index is 0.267. The zero-order chi connectivity index (χ0) is 10.6. The largest absolute Gasteiger partial charge is 0.378 e. The molecule has 14 heavy (non-hydrogen) atoms. The Kier molecular flexibility index (Phi) is 4.27. The number of benzene rings is 1. The number of rotatable bonds is 4. The minimum Gasteiger partial charge on any atom is -0.378 e. The van der Waals surface area contributed by atoms with Crippen LogP contribution in [-0.4, -0.2) is 19.5 Å². The monoisotopic (exact) mass is 211 g/mol. The SMILES string of the molecule is CC(Cl)CCc1ccc(N(C)C)cc1. The molecule has 1 unspecified atom stereocenters. The molecule has 1 nitrogen and oxygen atoms in total. The van der Waals surface area contributed by atoms with E-state index in [-0.39, 0.29) is 5.38 Å². The van der Waals surface area contributed by atoms with Gasteiger partial charge in [-0.1, -0.05) is 12.1 Å². The fraction of sp³-hybridized carbons (Fsp3) is 0.500. The average Bonchev–Trinajstić information content (AvgIpc) is 2.15. The zero-order valence-electron chi connectivity index (χ0n) is 9.13. The Labute approximate surface area is 91.7 Å². The van der Waals surface area contributed by atoms with Gasteiger partial charge >= 0.3 is 0 Å². The van der Waals surface area contributed by atoms with Gasteiger partial charge in [0.2, 0.25) is 0 Å². The van der Waals surface area contributed by atoms with Gasteiger partial charge in [-0.15, -0.1) is 11.6 Å². The Morgan fingerprint density at radius 3 is 2.21 bits per heavy atom. The highest BCUT2D eigenvalue weighted by molar-refractivity contribution is 6.20. The first-order chi connectivity index (χ1) is 6.59. The number of alkyl halides is 1. The molecule has 0 N–H and O–H groups in total. The summed E-state index contributed by atoms with van der Waals surface area (Å²) < 4.78 is 0. The van der Waals surface area contributed by atoms with Gasteiger partial charge in [-0.25, -0.2) is 0 Å². The third-order valence-electron chi connectivity index (χ3n) is 2.28. The molecule has 1 atom stereocenters. The maximum Gasteiger partial charge on any atom is 0.0361 e. The Morgan fingerprint density at radius 1 is 1.21 bits per heavy atom. The van der Waals surface area contributed by atoms with Crippen LogP contribution < -0.4 is 4.90 Å². The molecule has 1 rings (SSSR count). The van der Waals surface area contributed by atoms with E-state index in [1.807, 2.05) is 6.92 Å². The molecule has 0 saturated heterocycles. The van der Waals surface area contributed by atoms with Crippen molar-refractivity contribution in [2.24, 2.45) is 0 Å². The molecule has 0 aromatic heterocycles. The molecule has 0 aliphatic heterocycles. The third-order valence-corrected chi connectivity index (χ3v) is 2.50. The summed E-state index contributed by atoms with van der Waals surface area (Å²) in [6.07, 6.45) is 2.11. The van der Waals surface area contributed by atoms with Crippen molar-refractivity contribution in [1.29, 1.82) is 0 Å². The quantitative estimate of drug-likeness (QED) is 0.691. The van der Waals surface area contributed by atoms with Crippen molar-refractivity contribution in [2.45, 2.75) is 25.1 Å². The predicted molar refractivity (Wildman–Crippen MR) is 64.4 cm³/mol.